The molecule has 0 aliphatic rings. The van der Waals surface area contributed by atoms with Gasteiger partial charge >= 0.3 is 0 Å². The Morgan fingerprint density at radius 3 is 2.38 bits per heavy atom. The minimum atomic E-state index is -3.73. The average Bonchev–Trinajstić information content (AvgIpc) is 2.69. The van der Waals surface area contributed by atoms with Crippen molar-refractivity contribution in [1.82, 2.24) is 5.32 Å². The first-order chi connectivity index (χ1) is 13.7. The minimum absolute atomic E-state index is 0.247. The van der Waals surface area contributed by atoms with Crippen LogP contribution in [0.15, 0.2) is 42.5 Å². The normalized spacial score (nSPS) is 11.0. The lowest BCUT2D eigenvalue weighted by molar-refractivity contribution is -0.119. The zero-order valence-electron chi connectivity index (χ0n) is 16.6. The quantitative estimate of drug-likeness (QED) is 0.592. The van der Waals surface area contributed by atoms with Gasteiger partial charge in [-0.05, 0) is 42.7 Å². The average molecular weight is 424 g/mol. The highest BCUT2D eigenvalue weighted by Gasteiger charge is 2.24. The van der Waals surface area contributed by atoms with E-state index in [1.807, 2.05) is 0 Å². The number of carbonyl (C=O) groups is 1. The van der Waals surface area contributed by atoms with Crippen molar-refractivity contribution in [3.05, 3.63) is 53.8 Å². The molecule has 1 N–H and O–H groups in total. The first-order valence-electron chi connectivity index (χ1n) is 8.95. The van der Waals surface area contributed by atoms with Gasteiger partial charge < -0.3 is 14.8 Å². The fourth-order valence-corrected chi connectivity index (χ4v) is 3.59. The summed E-state index contributed by atoms with van der Waals surface area (Å²) in [5, 5.41) is 2.71. The summed E-state index contributed by atoms with van der Waals surface area (Å²) in [4.78, 5) is 12.3. The molecule has 2 aromatic carbocycles. The first kappa shape index (κ1) is 22.5. The van der Waals surface area contributed by atoms with E-state index in [9.17, 15) is 17.6 Å². The lowest BCUT2D eigenvalue weighted by Crippen LogP contribution is -2.40. The minimum Gasteiger partial charge on any atom is -0.497 e. The number of amides is 1. The van der Waals surface area contributed by atoms with Crippen molar-refractivity contribution in [2.75, 3.05) is 37.9 Å². The van der Waals surface area contributed by atoms with E-state index in [0.717, 1.165) is 16.1 Å². The molecule has 1 amide bonds. The number of nitrogens with zero attached hydrogens (tertiary/aromatic N) is 1. The maximum atomic E-state index is 12.9. The number of halogens is 1. The van der Waals surface area contributed by atoms with Gasteiger partial charge in [0.05, 0.1) is 26.2 Å². The third kappa shape index (κ3) is 6.63. The Balaban J connectivity index is 1.99. The molecule has 7 nitrogen and oxygen atoms in total. The Bertz CT molecular complexity index is 932. The second-order valence-electron chi connectivity index (χ2n) is 6.39. The van der Waals surface area contributed by atoms with Gasteiger partial charge in [0.2, 0.25) is 15.9 Å². The molecule has 0 spiro atoms. The Kier molecular flexibility index (Phi) is 7.83. The fraction of sp³-hybridized carbons (Fsp3) is 0.350. The Labute approximate surface area is 170 Å². The molecular formula is C20H25FN2O5S. The summed E-state index contributed by atoms with van der Waals surface area (Å²) in [7, 11) is -0.827. The SMILES string of the molecule is COc1ccc(N(CC(=O)NCCCc2ccc(F)cc2)S(C)(=O)=O)c(OC)c1. The molecule has 0 aliphatic heterocycles. The summed E-state index contributed by atoms with van der Waals surface area (Å²) in [6.45, 7) is -0.00830. The molecule has 9 heteroatoms. The predicted octanol–water partition coefficient (Wildman–Crippen LogP) is 2.36. The number of nitrogens with one attached hydrogen (secondary N) is 1. The van der Waals surface area contributed by atoms with Crippen LogP contribution in [0.1, 0.15) is 12.0 Å². The van der Waals surface area contributed by atoms with Crippen molar-refractivity contribution in [2.45, 2.75) is 12.8 Å². The number of benzene rings is 2. The Morgan fingerprint density at radius 2 is 1.79 bits per heavy atom. The summed E-state index contributed by atoms with van der Waals surface area (Å²) in [6.07, 6.45) is 2.34. The molecule has 0 saturated carbocycles. The van der Waals surface area contributed by atoms with Gasteiger partial charge in [0.1, 0.15) is 23.9 Å². The van der Waals surface area contributed by atoms with E-state index in [0.29, 0.717) is 25.1 Å². The number of hydrogen-bond donors (Lipinski definition) is 1. The van der Waals surface area contributed by atoms with Crippen molar-refractivity contribution in [3.63, 3.8) is 0 Å². The maximum absolute atomic E-state index is 12.9. The van der Waals surface area contributed by atoms with Gasteiger partial charge in [-0.3, -0.25) is 9.10 Å². The van der Waals surface area contributed by atoms with Gasteiger partial charge in [-0.1, -0.05) is 12.1 Å². The van der Waals surface area contributed by atoms with Crippen LogP contribution in [-0.4, -0.2) is 47.9 Å². The van der Waals surface area contributed by atoms with Gasteiger partial charge in [-0.15, -0.1) is 0 Å². The molecule has 0 atom stereocenters. The largest absolute Gasteiger partial charge is 0.497 e. The second kappa shape index (κ2) is 10.1. The molecule has 0 unspecified atom stereocenters. The van der Waals surface area contributed by atoms with Gasteiger partial charge in [0.25, 0.3) is 0 Å². The smallest absolute Gasteiger partial charge is 0.240 e. The van der Waals surface area contributed by atoms with Crippen molar-refractivity contribution >= 4 is 21.6 Å². The fourth-order valence-electron chi connectivity index (χ4n) is 2.73. The topological polar surface area (TPSA) is 84.9 Å². The molecule has 0 radical (unpaired) electrons. The first-order valence-corrected chi connectivity index (χ1v) is 10.8. The molecule has 0 heterocycles. The van der Waals surface area contributed by atoms with Crippen LogP contribution in [0.5, 0.6) is 11.5 Å². The van der Waals surface area contributed by atoms with E-state index in [-0.39, 0.29) is 23.8 Å². The van der Waals surface area contributed by atoms with Crippen LogP contribution >= 0.6 is 0 Å². The van der Waals surface area contributed by atoms with Crippen molar-refractivity contribution < 1.29 is 27.1 Å². The Hall–Kier alpha value is -2.81. The molecule has 29 heavy (non-hydrogen) atoms. The highest BCUT2D eigenvalue weighted by molar-refractivity contribution is 7.92. The van der Waals surface area contributed by atoms with E-state index < -0.39 is 15.9 Å². The number of anilines is 1. The second-order valence-corrected chi connectivity index (χ2v) is 8.29. The molecule has 0 fully saturated rings. The van der Waals surface area contributed by atoms with E-state index in [1.165, 1.54) is 32.4 Å². The van der Waals surface area contributed by atoms with Gasteiger partial charge in [-0.25, -0.2) is 12.8 Å². The number of rotatable bonds is 10. The standard InChI is InChI=1S/C20H25FN2O5S/c1-27-17-10-11-18(19(13-17)28-2)23(29(3,25)26)14-20(24)22-12-4-5-15-6-8-16(21)9-7-15/h6-11,13H,4-5,12,14H2,1-3H3,(H,22,24). The van der Waals surface area contributed by atoms with Crippen LogP contribution < -0.4 is 19.1 Å². The monoisotopic (exact) mass is 424 g/mol. The number of hydrogen-bond acceptors (Lipinski definition) is 5. The van der Waals surface area contributed by atoms with E-state index in [2.05, 4.69) is 5.32 Å². The molecule has 0 bridgehead atoms. The van der Waals surface area contributed by atoms with Crippen molar-refractivity contribution in [3.8, 4) is 11.5 Å². The van der Waals surface area contributed by atoms with Crippen LogP contribution in [0.25, 0.3) is 0 Å². The number of carbonyl (C=O) groups excluding carboxylic acids is 1. The summed E-state index contributed by atoms with van der Waals surface area (Å²) in [5.74, 6) is 0.0486. The summed E-state index contributed by atoms with van der Waals surface area (Å²) in [6, 6.07) is 10.8. The number of sulfonamides is 1. The van der Waals surface area contributed by atoms with Crippen molar-refractivity contribution in [2.24, 2.45) is 0 Å². The van der Waals surface area contributed by atoms with Gasteiger partial charge in [0, 0.05) is 12.6 Å². The zero-order chi connectivity index (χ0) is 21.4. The molecule has 158 valence electrons. The number of aryl methyl sites for hydroxylation is 1. The third-order valence-corrected chi connectivity index (χ3v) is 5.35. The molecular weight excluding hydrogens is 399 g/mol. The Morgan fingerprint density at radius 1 is 1.10 bits per heavy atom. The van der Waals surface area contributed by atoms with Gasteiger partial charge in [-0.2, -0.15) is 0 Å². The van der Waals surface area contributed by atoms with Crippen LogP contribution in [0.4, 0.5) is 10.1 Å². The van der Waals surface area contributed by atoms with E-state index in [4.69, 9.17) is 9.47 Å². The van der Waals surface area contributed by atoms with Gasteiger partial charge in [0.15, 0.2) is 0 Å². The molecule has 0 saturated heterocycles. The van der Waals surface area contributed by atoms with Crippen LogP contribution in [0.3, 0.4) is 0 Å². The van der Waals surface area contributed by atoms with Crippen LogP contribution in [0.2, 0.25) is 0 Å². The lowest BCUT2D eigenvalue weighted by atomic mass is 10.1. The van der Waals surface area contributed by atoms with Crippen LogP contribution in [-0.2, 0) is 21.2 Å². The lowest BCUT2D eigenvalue weighted by Gasteiger charge is -2.24. The highest BCUT2D eigenvalue weighted by Crippen LogP contribution is 2.33. The summed E-state index contributed by atoms with van der Waals surface area (Å²) >= 11 is 0. The molecule has 0 aliphatic carbocycles. The van der Waals surface area contributed by atoms with Crippen LogP contribution in [0, 0.1) is 5.82 Å². The molecule has 2 aromatic rings. The van der Waals surface area contributed by atoms with Crippen molar-refractivity contribution in [1.29, 1.82) is 0 Å². The van der Waals surface area contributed by atoms with E-state index >= 15 is 0 Å². The maximum Gasteiger partial charge on any atom is 0.240 e. The van der Waals surface area contributed by atoms with E-state index in [1.54, 1.807) is 24.3 Å². The number of ether oxygens (including phenoxy) is 2. The third-order valence-electron chi connectivity index (χ3n) is 4.22. The zero-order valence-corrected chi connectivity index (χ0v) is 17.5. The summed E-state index contributed by atoms with van der Waals surface area (Å²) < 4.78 is 48.8. The predicted molar refractivity (Wildman–Crippen MR) is 109 cm³/mol. The molecule has 2 rings (SSSR count). The summed E-state index contributed by atoms with van der Waals surface area (Å²) in [5.41, 5.74) is 1.21. The number of methoxy groups -OCH3 is 2. The highest BCUT2D eigenvalue weighted by atomic mass is 32.2. The molecule has 0 aromatic heterocycles.